The first kappa shape index (κ1) is 14.0. The number of carbonyl (C=O) groups excluding carboxylic acids is 1. The number of nitrogens with zero attached hydrogens (tertiary/aromatic N) is 1. The molecular formula is C11H24NOS+. The number of thioether (sulfide) groups is 1. The highest BCUT2D eigenvalue weighted by molar-refractivity contribution is 8.13. The van der Waals surface area contributed by atoms with E-state index in [1.807, 2.05) is 0 Å². The van der Waals surface area contributed by atoms with Crippen LogP contribution in [0.25, 0.3) is 0 Å². The van der Waals surface area contributed by atoms with Gasteiger partial charge in [0, 0.05) is 6.42 Å². The maximum absolute atomic E-state index is 11.4. The van der Waals surface area contributed by atoms with Crippen molar-refractivity contribution in [2.75, 3.05) is 33.4 Å². The first-order valence-electron chi connectivity index (χ1n) is 5.42. The summed E-state index contributed by atoms with van der Waals surface area (Å²) in [6, 6.07) is 0. The van der Waals surface area contributed by atoms with Gasteiger partial charge in [-0.05, 0) is 6.42 Å². The van der Waals surface area contributed by atoms with Crippen LogP contribution in [0.1, 0.15) is 32.6 Å². The van der Waals surface area contributed by atoms with Gasteiger partial charge in [-0.2, -0.15) is 0 Å². The fraction of sp³-hybridized carbons (Fsp3) is 0.909. The molecule has 0 unspecified atom stereocenters. The largest absolute Gasteiger partial charge is 0.330 e. The van der Waals surface area contributed by atoms with E-state index < -0.39 is 0 Å². The van der Waals surface area contributed by atoms with Gasteiger partial charge in [-0.3, -0.25) is 4.79 Å². The normalized spacial score (nSPS) is 11.7. The van der Waals surface area contributed by atoms with Crippen LogP contribution in [-0.4, -0.2) is 43.0 Å². The Morgan fingerprint density at radius 3 is 2.36 bits per heavy atom. The van der Waals surface area contributed by atoms with Gasteiger partial charge >= 0.3 is 0 Å². The molecule has 0 spiro atoms. The summed E-state index contributed by atoms with van der Waals surface area (Å²) in [5, 5.41) is 0.368. The highest BCUT2D eigenvalue weighted by Crippen LogP contribution is 2.10. The van der Waals surface area contributed by atoms with Gasteiger partial charge in [0.2, 0.25) is 0 Å². The Hall–Kier alpha value is -0.0200. The molecule has 0 atom stereocenters. The number of carbonyl (C=O) groups is 1. The topological polar surface area (TPSA) is 17.1 Å². The summed E-state index contributed by atoms with van der Waals surface area (Å²) >= 11 is 1.50. The number of hydrogen-bond donors (Lipinski definition) is 0. The lowest BCUT2D eigenvalue weighted by Crippen LogP contribution is -2.36. The summed E-state index contributed by atoms with van der Waals surface area (Å²) in [4.78, 5) is 11.4. The second-order valence-electron chi connectivity index (χ2n) is 4.69. The van der Waals surface area contributed by atoms with Gasteiger partial charge in [0.15, 0.2) is 5.12 Å². The lowest BCUT2D eigenvalue weighted by molar-refractivity contribution is -0.867. The third-order valence-electron chi connectivity index (χ3n) is 2.01. The molecule has 0 aromatic rings. The number of unbranched alkanes of at least 4 members (excludes halogenated alkanes) is 2. The Morgan fingerprint density at radius 2 is 1.86 bits per heavy atom. The van der Waals surface area contributed by atoms with E-state index in [1.54, 1.807) is 0 Å². The van der Waals surface area contributed by atoms with Crippen molar-refractivity contribution in [1.82, 2.24) is 0 Å². The zero-order chi connectivity index (χ0) is 11.0. The van der Waals surface area contributed by atoms with Crippen LogP contribution in [0.2, 0.25) is 0 Å². The molecular weight excluding hydrogens is 194 g/mol. The molecule has 0 bridgehead atoms. The van der Waals surface area contributed by atoms with Crippen LogP contribution in [0.3, 0.4) is 0 Å². The minimum atomic E-state index is 0.368. The van der Waals surface area contributed by atoms with E-state index in [9.17, 15) is 4.79 Å². The summed E-state index contributed by atoms with van der Waals surface area (Å²) in [5.41, 5.74) is 0. The first-order valence-corrected chi connectivity index (χ1v) is 6.40. The van der Waals surface area contributed by atoms with Crippen LogP contribution in [-0.2, 0) is 4.79 Å². The molecule has 0 amide bonds. The van der Waals surface area contributed by atoms with Crippen molar-refractivity contribution in [2.45, 2.75) is 32.6 Å². The van der Waals surface area contributed by atoms with Crippen molar-refractivity contribution < 1.29 is 9.28 Å². The van der Waals surface area contributed by atoms with Crippen LogP contribution < -0.4 is 0 Å². The maximum atomic E-state index is 11.4. The fourth-order valence-electron chi connectivity index (χ4n) is 1.02. The molecule has 0 saturated carbocycles. The smallest absolute Gasteiger partial charge is 0.189 e. The van der Waals surface area contributed by atoms with Gasteiger partial charge < -0.3 is 4.48 Å². The molecule has 0 aliphatic carbocycles. The molecule has 3 heteroatoms. The second kappa shape index (κ2) is 7.30. The van der Waals surface area contributed by atoms with Crippen molar-refractivity contribution in [3.8, 4) is 0 Å². The summed E-state index contributed by atoms with van der Waals surface area (Å²) < 4.78 is 0.940. The quantitative estimate of drug-likeness (QED) is 0.482. The molecule has 0 fully saturated rings. The van der Waals surface area contributed by atoms with Gasteiger partial charge in [0.05, 0.1) is 33.4 Å². The van der Waals surface area contributed by atoms with Crippen LogP contribution in [0.4, 0.5) is 0 Å². The Balaban J connectivity index is 3.36. The van der Waals surface area contributed by atoms with Crippen molar-refractivity contribution in [3.63, 3.8) is 0 Å². The van der Waals surface area contributed by atoms with Crippen LogP contribution in [0.5, 0.6) is 0 Å². The lowest BCUT2D eigenvalue weighted by Gasteiger charge is -2.23. The predicted molar refractivity (Wildman–Crippen MR) is 64.5 cm³/mol. The molecule has 0 N–H and O–H groups in total. The van der Waals surface area contributed by atoms with Crippen LogP contribution in [0, 0.1) is 0 Å². The molecule has 14 heavy (non-hydrogen) atoms. The van der Waals surface area contributed by atoms with E-state index in [1.165, 1.54) is 24.6 Å². The molecule has 2 nitrogen and oxygen atoms in total. The first-order chi connectivity index (χ1) is 6.45. The summed E-state index contributed by atoms with van der Waals surface area (Å²) in [6.45, 7) is 3.22. The second-order valence-corrected chi connectivity index (χ2v) is 5.84. The average molecular weight is 218 g/mol. The lowest BCUT2D eigenvalue weighted by atomic mass is 10.2. The minimum Gasteiger partial charge on any atom is -0.330 e. The number of rotatable bonds is 7. The standard InChI is InChI=1S/C11H24NOS/c1-5-6-7-8-11(13)14-10-9-12(2,3)4/h5-10H2,1-4H3/q+1. The van der Waals surface area contributed by atoms with E-state index in [-0.39, 0.29) is 0 Å². The molecule has 0 aliphatic heterocycles. The minimum absolute atomic E-state index is 0.368. The molecule has 0 radical (unpaired) electrons. The van der Waals surface area contributed by atoms with Crippen molar-refractivity contribution in [2.24, 2.45) is 0 Å². The van der Waals surface area contributed by atoms with Gasteiger partial charge in [-0.15, -0.1) is 0 Å². The Morgan fingerprint density at radius 1 is 1.21 bits per heavy atom. The predicted octanol–water partition coefficient (Wildman–Crippen LogP) is 2.53. The Labute approximate surface area is 92.6 Å². The molecule has 0 aliphatic rings. The molecule has 0 aromatic heterocycles. The SMILES string of the molecule is CCCCCC(=O)SCC[N+](C)(C)C. The summed E-state index contributed by atoms with van der Waals surface area (Å²) in [7, 11) is 6.46. The van der Waals surface area contributed by atoms with Gasteiger partial charge in [0.25, 0.3) is 0 Å². The Kier molecular flexibility index (Phi) is 7.28. The van der Waals surface area contributed by atoms with Gasteiger partial charge in [-0.25, -0.2) is 0 Å². The molecule has 0 aromatic carbocycles. The highest BCUT2D eigenvalue weighted by atomic mass is 32.2. The summed E-state index contributed by atoms with van der Waals surface area (Å²) in [6.07, 6.45) is 4.20. The van der Waals surface area contributed by atoms with Gasteiger partial charge in [0.1, 0.15) is 0 Å². The van der Waals surface area contributed by atoms with Crippen LogP contribution in [0.15, 0.2) is 0 Å². The van der Waals surface area contributed by atoms with Gasteiger partial charge in [-0.1, -0.05) is 31.5 Å². The number of hydrogen-bond acceptors (Lipinski definition) is 2. The maximum Gasteiger partial charge on any atom is 0.189 e. The fourth-order valence-corrected chi connectivity index (χ4v) is 2.18. The molecule has 84 valence electrons. The third kappa shape index (κ3) is 10.1. The van der Waals surface area contributed by atoms with E-state index in [0.29, 0.717) is 5.12 Å². The molecule has 0 heterocycles. The molecule has 0 rings (SSSR count). The van der Waals surface area contributed by atoms with E-state index in [2.05, 4.69) is 28.1 Å². The average Bonchev–Trinajstić information content (AvgIpc) is 2.02. The number of quaternary nitrogens is 1. The van der Waals surface area contributed by atoms with Crippen LogP contribution >= 0.6 is 11.8 Å². The monoisotopic (exact) mass is 218 g/mol. The van der Waals surface area contributed by atoms with Crippen molar-refractivity contribution in [3.05, 3.63) is 0 Å². The van der Waals surface area contributed by atoms with Crippen molar-refractivity contribution in [1.29, 1.82) is 0 Å². The third-order valence-corrected chi connectivity index (χ3v) is 2.92. The van der Waals surface area contributed by atoms with Crippen molar-refractivity contribution >= 4 is 16.9 Å². The van der Waals surface area contributed by atoms with E-state index in [0.717, 1.165) is 29.6 Å². The highest BCUT2D eigenvalue weighted by Gasteiger charge is 2.08. The Bertz CT molecular complexity index is 163. The van der Waals surface area contributed by atoms with E-state index >= 15 is 0 Å². The molecule has 0 saturated heterocycles. The van der Waals surface area contributed by atoms with E-state index in [4.69, 9.17) is 0 Å². The summed E-state index contributed by atoms with van der Waals surface area (Å²) in [5.74, 6) is 0.953. The zero-order valence-corrected chi connectivity index (χ0v) is 10.8. The zero-order valence-electron chi connectivity index (χ0n) is 10.0.